The largest absolute Gasteiger partial charge is 0.469 e. The molecule has 1 aliphatic heterocycles. The van der Waals surface area contributed by atoms with Crippen molar-refractivity contribution in [1.29, 1.82) is 0 Å². The van der Waals surface area contributed by atoms with Crippen LogP contribution >= 0.6 is 0 Å². The van der Waals surface area contributed by atoms with Gasteiger partial charge >= 0.3 is 12.1 Å². The lowest BCUT2D eigenvalue weighted by Gasteiger charge is -2.42. The van der Waals surface area contributed by atoms with Gasteiger partial charge < -0.3 is 39.8 Å². The zero-order valence-electron chi connectivity index (χ0n) is 23.0. The molecule has 0 radical (unpaired) electrons. The van der Waals surface area contributed by atoms with E-state index in [0.29, 0.717) is 5.56 Å². The molecule has 1 heterocycles. The number of esters is 1. The second-order valence-electron chi connectivity index (χ2n) is 9.69. The second-order valence-corrected chi connectivity index (χ2v) is 9.69. The van der Waals surface area contributed by atoms with E-state index in [1.165, 1.54) is 7.11 Å². The van der Waals surface area contributed by atoms with Crippen molar-refractivity contribution in [3.63, 3.8) is 0 Å². The van der Waals surface area contributed by atoms with Gasteiger partial charge in [-0.05, 0) is 16.7 Å². The SMILES string of the molecule is COC(=O)C[C@H](NC(=O)[C@H]1O[C@H](OCc2ccccc2)[C@H](NC(=O)OCc2ccccc2)[C@@H](O)[C@H]1O)c1ccccc1. The van der Waals surface area contributed by atoms with Crippen LogP contribution in [0.4, 0.5) is 4.79 Å². The van der Waals surface area contributed by atoms with Crippen molar-refractivity contribution >= 4 is 18.0 Å². The number of amides is 2. The van der Waals surface area contributed by atoms with E-state index in [-0.39, 0.29) is 19.6 Å². The number of hydrogen-bond acceptors (Lipinski definition) is 9. The molecule has 222 valence electrons. The van der Waals surface area contributed by atoms with Gasteiger partial charge in [-0.1, -0.05) is 91.0 Å². The van der Waals surface area contributed by atoms with Crippen LogP contribution in [0.2, 0.25) is 0 Å². The van der Waals surface area contributed by atoms with Crippen molar-refractivity contribution in [3.8, 4) is 0 Å². The van der Waals surface area contributed by atoms with Crippen LogP contribution in [-0.2, 0) is 41.8 Å². The van der Waals surface area contributed by atoms with E-state index in [1.54, 1.807) is 54.6 Å². The van der Waals surface area contributed by atoms with Crippen molar-refractivity contribution in [1.82, 2.24) is 10.6 Å². The Labute approximate surface area is 243 Å². The molecule has 11 nitrogen and oxygen atoms in total. The normalized spacial score (nSPS) is 22.4. The molecule has 0 spiro atoms. The lowest BCUT2D eigenvalue weighted by atomic mass is 9.95. The summed E-state index contributed by atoms with van der Waals surface area (Å²) in [6.07, 6.45) is -7.42. The van der Waals surface area contributed by atoms with Gasteiger partial charge in [0, 0.05) is 0 Å². The van der Waals surface area contributed by atoms with Gasteiger partial charge in [0.15, 0.2) is 12.4 Å². The standard InChI is InChI=1S/C31H34N2O9/c1-39-24(34)17-23(22-15-9-4-10-16-22)32-29(37)28-27(36)26(35)25(30(42-28)40-18-20-11-5-2-6-12-20)33-31(38)41-19-21-13-7-3-8-14-21/h2-16,23,25-28,30,35-36H,17-19H2,1H3,(H,32,37)(H,33,38)/t23-,25+,26+,27+,28-,30-/m0/s1. The second kappa shape index (κ2) is 15.1. The van der Waals surface area contributed by atoms with Crippen LogP contribution in [0.25, 0.3) is 0 Å². The molecule has 2 amide bonds. The average Bonchev–Trinajstić information content (AvgIpc) is 3.02. The predicted molar refractivity (Wildman–Crippen MR) is 149 cm³/mol. The Kier molecular flexibility index (Phi) is 11.0. The number of carbonyl (C=O) groups is 3. The quantitative estimate of drug-likeness (QED) is 0.251. The number of hydrogen-bond donors (Lipinski definition) is 4. The molecule has 4 rings (SSSR count). The molecule has 0 bridgehead atoms. The molecule has 11 heteroatoms. The first-order chi connectivity index (χ1) is 20.4. The molecule has 0 aromatic heterocycles. The summed E-state index contributed by atoms with van der Waals surface area (Å²) in [4.78, 5) is 38.1. The van der Waals surface area contributed by atoms with E-state index < -0.39 is 54.7 Å². The first kappa shape index (κ1) is 30.7. The maximum Gasteiger partial charge on any atom is 0.407 e. The number of ether oxygens (including phenoxy) is 4. The number of carbonyl (C=O) groups excluding carboxylic acids is 3. The summed E-state index contributed by atoms with van der Waals surface area (Å²) in [6.45, 7) is -0.00454. The Morgan fingerprint density at radius 1 is 0.833 bits per heavy atom. The summed E-state index contributed by atoms with van der Waals surface area (Å²) in [7, 11) is 1.24. The maximum atomic E-state index is 13.4. The number of aliphatic hydroxyl groups is 2. The molecule has 0 unspecified atom stereocenters. The van der Waals surface area contributed by atoms with Gasteiger partial charge in [-0.15, -0.1) is 0 Å². The van der Waals surface area contributed by atoms with Crippen molar-refractivity contribution in [3.05, 3.63) is 108 Å². The Morgan fingerprint density at radius 2 is 1.40 bits per heavy atom. The molecule has 1 saturated heterocycles. The number of nitrogens with one attached hydrogen (secondary N) is 2. The molecule has 0 saturated carbocycles. The fraction of sp³-hybridized carbons (Fsp3) is 0.323. The van der Waals surface area contributed by atoms with Crippen LogP contribution in [0.15, 0.2) is 91.0 Å². The van der Waals surface area contributed by atoms with Crippen LogP contribution in [0.1, 0.15) is 29.2 Å². The highest BCUT2D eigenvalue weighted by Crippen LogP contribution is 2.25. The fourth-order valence-electron chi connectivity index (χ4n) is 4.47. The Bertz CT molecular complexity index is 1290. The lowest BCUT2D eigenvalue weighted by Crippen LogP contribution is -2.66. The van der Waals surface area contributed by atoms with Crippen LogP contribution in [0.3, 0.4) is 0 Å². The van der Waals surface area contributed by atoms with E-state index in [4.69, 9.17) is 18.9 Å². The van der Waals surface area contributed by atoms with Gasteiger partial charge in [0.2, 0.25) is 0 Å². The third kappa shape index (κ3) is 8.37. The van der Waals surface area contributed by atoms with Crippen molar-refractivity contribution in [2.45, 2.75) is 56.3 Å². The van der Waals surface area contributed by atoms with Gasteiger partial charge in [0.25, 0.3) is 5.91 Å². The van der Waals surface area contributed by atoms with Gasteiger partial charge in [-0.2, -0.15) is 0 Å². The number of aliphatic hydroxyl groups excluding tert-OH is 2. The molecule has 3 aromatic rings. The van der Waals surface area contributed by atoms with Crippen LogP contribution in [0.5, 0.6) is 0 Å². The predicted octanol–water partition coefficient (Wildman–Crippen LogP) is 2.37. The summed E-state index contributed by atoms with van der Waals surface area (Å²) in [6, 6.07) is 24.8. The molecule has 1 fully saturated rings. The molecule has 4 N–H and O–H groups in total. The minimum Gasteiger partial charge on any atom is -0.469 e. The minimum atomic E-state index is -1.75. The highest BCUT2D eigenvalue weighted by molar-refractivity contribution is 5.83. The van der Waals surface area contributed by atoms with E-state index in [9.17, 15) is 24.6 Å². The van der Waals surface area contributed by atoms with E-state index in [0.717, 1.165) is 11.1 Å². The Balaban J connectivity index is 1.49. The highest BCUT2D eigenvalue weighted by atomic mass is 16.7. The van der Waals surface area contributed by atoms with Gasteiger partial charge in [0.1, 0.15) is 24.9 Å². The summed E-state index contributed by atoms with van der Waals surface area (Å²) >= 11 is 0. The van der Waals surface area contributed by atoms with Gasteiger partial charge in [0.05, 0.1) is 26.2 Å². The number of benzene rings is 3. The molecule has 6 atom stereocenters. The first-order valence-electron chi connectivity index (χ1n) is 13.4. The summed E-state index contributed by atoms with van der Waals surface area (Å²) in [5.74, 6) is -1.35. The zero-order valence-corrected chi connectivity index (χ0v) is 23.0. The Hall–Kier alpha value is -4.29. The third-order valence-electron chi connectivity index (χ3n) is 6.73. The van der Waals surface area contributed by atoms with E-state index in [1.807, 2.05) is 36.4 Å². The number of methoxy groups -OCH3 is 1. The van der Waals surface area contributed by atoms with Gasteiger partial charge in [-0.3, -0.25) is 9.59 Å². The minimum absolute atomic E-state index is 0.0227. The summed E-state index contributed by atoms with van der Waals surface area (Å²) in [5, 5.41) is 27.2. The van der Waals surface area contributed by atoms with E-state index in [2.05, 4.69) is 10.6 Å². The average molecular weight is 579 g/mol. The Morgan fingerprint density at radius 3 is 2.00 bits per heavy atom. The van der Waals surface area contributed by atoms with Crippen molar-refractivity contribution in [2.75, 3.05) is 7.11 Å². The fourth-order valence-corrected chi connectivity index (χ4v) is 4.47. The van der Waals surface area contributed by atoms with Crippen LogP contribution < -0.4 is 10.6 Å². The molecule has 0 aliphatic carbocycles. The number of alkyl carbamates (subject to hydrolysis) is 1. The maximum absolute atomic E-state index is 13.4. The van der Waals surface area contributed by atoms with Crippen molar-refractivity contribution < 1.29 is 43.5 Å². The van der Waals surface area contributed by atoms with Gasteiger partial charge in [-0.25, -0.2) is 4.79 Å². The lowest BCUT2D eigenvalue weighted by molar-refractivity contribution is -0.262. The highest BCUT2D eigenvalue weighted by Gasteiger charge is 2.49. The number of rotatable bonds is 11. The topological polar surface area (TPSA) is 153 Å². The zero-order chi connectivity index (χ0) is 29.9. The molecular weight excluding hydrogens is 544 g/mol. The molecule has 1 aliphatic rings. The van der Waals surface area contributed by atoms with Crippen LogP contribution in [-0.4, -0.2) is 65.9 Å². The third-order valence-corrected chi connectivity index (χ3v) is 6.73. The molecular formula is C31H34N2O9. The monoisotopic (exact) mass is 578 g/mol. The molecule has 42 heavy (non-hydrogen) atoms. The van der Waals surface area contributed by atoms with Crippen molar-refractivity contribution in [2.24, 2.45) is 0 Å². The summed E-state index contributed by atoms with van der Waals surface area (Å²) in [5.41, 5.74) is 2.15. The first-order valence-corrected chi connectivity index (χ1v) is 13.4. The van der Waals surface area contributed by atoms with Crippen LogP contribution in [0, 0.1) is 0 Å². The molecule has 3 aromatic carbocycles. The van der Waals surface area contributed by atoms with E-state index >= 15 is 0 Å². The smallest absolute Gasteiger partial charge is 0.407 e. The summed E-state index contributed by atoms with van der Waals surface area (Å²) < 4.78 is 21.8.